The number of aromatic nitrogens is 1. The lowest BCUT2D eigenvalue weighted by Crippen LogP contribution is -2.52. The molecule has 2 aromatic heterocycles. The highest BCUT2D eigenvalue weighted by molar-refractivity contribution is 14.0. The molecule has 0 saturated carbocycles. The van der Waals surface area contributed by atoms with E-state index in [1.54, 1.807) is 6.26 Å². The van der Waals surface area contributed by atoms with Crippen molar-refractivity contribution in [2.45, 2.75) is 19.5 Å². The van der Waals surface area contributed by atoms with Crippen LogP contribution in [0.25, 0.3) is 0 Å². The van der Waals surface area contributed by atoms with Gasteiger partial charge in [0.15, 0.2) is 5.96 Å². The molecule has 10 heteroatoms. The Morgan fingerprint density at radius 3 is 2.65 bits per heavy atom. The lowest BCUT2D eigenvalue weighted by atomic mass is 10.2. The summed E-state index contributed by atoms with van der Waals surface area (Å²) < 4.78 is 10.5. The van der Waals surface area contributed by atoms with Crippen molar-refractivity contribution < 1.29 is 9.26 Å². The molecule has 2 aromatic rings. The molecule has 0 aliphatic carbocycles. The van der Waals surface area contributed by atoms with Crippen molar-refractivity contribution in [2.75, 3.05) is 65.6 Å². The van der Waals surface area contributed by atoms with Gasteiger partial charge in [-0.25, -0.2) is 0 Å². The first-order valence-corrected chi connectivity index (χ1v) is 11.7. The van der Waals surface area contributed by atoms with Crippen molar-refractivity contribution in [3.63, 3.8) is 0 Å². The Hall–Kier alpha value is -1.21. The highest BCUT2D eigenvalue weighted by atomic mass is 127. The highest BCUT2D eigenvalue weighted by Gasteiger charge is 2.25. The van der Waals surface area contributed by atoms with Gasteiger partial charge < -0.3 is 19.5 Å². The summed E-state index contributed by atoms with van der Waals surface area (Å²) >= 11 is 1.82. The molecule has 2 saturated heterocycles. The Morgan fingerprint density at radius 1 is 1.19 bits per heavy atom. The standard InChI is InChI=1S/C21H32N6O2S.HI/c1-2-22-21(27-8-6-25(7-9-27)17-18-5-12-29-24-18)23-16-19(20-4-3-15-30-20)26-10-13-28-14-11-26;/h3-5,12,15,19H,2,6-11,13-14,16-17H2,1H3,(H,22,23);1H. The molecule has 0 aromatic carbocycles. The zero-order valence-corrected chi connectivity index (χ0v) is 21.3. The average molecular weight is 561 g/mol. The molecule has 0 bridgehead atoms. The van der Waals surface area contributed by atoms with E-state index in [-0.39, 0.29) is 24.0 Å². The largest absolute Gasteiger partial charge is 0.379 e. The van der Waals surface area contributed by atoms with E-state index in [2.05, 4.69) is 49.6 Å². The fraction of sp³-hybridized carbons (Fsp3) is 0.619. The first-order valence-electron chi connectivity index (χ1n) is 10.8. The first kappa shape index (κ1) is 24.4. The second-order valence-electron chi connectivity index (χ2n) is 7.63. The summed E-state index contributed by atoms with van der Waals surface area (Å²) in [5.74, 6) is 1.02. The van der Waals surface area contributed by atoms with E-state index in [1.165, 1.54) is 4.88 Å². The van der Waals surface area contributed by atoms with Gasteiger partial charge in [0.1, 0.15) is 6.26 Å². The number of nitrogens with one attached hydrogen (secondary N) is 1. The number of nitrogens with zero attached hydrogens (tertiary/aromatic N) is 5. The molecule has 2 aliphatic heterocycles. The van der Waals surface area contributed by atoms with Crippen LogP contribution in [0.2, 0.25) is 0 Å². The van der Waals surface area contributed by atoms with E-state index in [0.717, 1.165) is 83.8 Å². The third-order valence-corrected chi connectivity index (χ3v) is 6.63. The highest BCUT2D eigenvalue weighted by Crippen LogP contribution is 2.26. The average Bonchev–Trinajstić information content (AvgIpc) is 3.49. The molecule has 4 rings (SSSR count). The second-order valence-corrected chi connectivity index (χ2v) is 8.61. The molecule has 1 unspecified atom stereocenters. The zero-order valence-electron chi connectivity index (χ0n) is 18.1. The first-order chi connectivity index (χ1) is 14.8. The molecule has 8 nitrogen and oxygen atoms in total. The molecule has 31 heavy (non-hydrogen) atoms. The second kappa shape index (κ2) is 12.7. The number of piperazine rings is 1. The fourth-order valence-electron chi connectivity index (χ4n) is 4.02. The fourth-order valence-corrected chi connectivity index (χ4v) is 4.87. The number of thiophene rings is 1. The Balaban J connectivity index is 0.00000272. The number of rotatable bonds is 7. The summed E-state index contributed by atoms with van der Waals surface area (Å²) in [6, 6.07) is 6.62. The normalized spacial score (nSPS) is 19.8. The molecular formula is C21H33IN6O2S. The third kappa shape index (κ3) is 6.88. The van der Waals surface area contributed by atoms with Crippen LogP contribution in [-0.4, -0.2) is 91.4 Å². The number of halogens is 1. The maximum Gasteiger partial charge on any atom is 0.194 e. The van der Waals surface area contributed by atoms with Gasteiger partial charge in [-0.15, -0.1) is 35.3 Å². The van der Waals surface area contributed by atoms with E-state index in [9.17, 15) is 0 Å². The van der Waals surface area contributed by atoms with Gasteiger partial charge in [0, 0.05) is 63.3 Å². The number of guanidine groups is 1. The summed E-state index contributed by atoms with van der Waals surface area (Å²) in [5.41, 5.74) is 0.994. The maximum atomic E-state index is 5.56. The van der Waals surface area contributed by atoms with Crippen LogP contribution in [0, 0.1) is 0 Å². The van der Waals surface area contributed by atoms with Crippen LogP contribution in [0.3, 0.4) is 0 Å². The van der Waals surface area contributed by atoms with E-state index in [4.69, 9.17) is 14.3 Å². The summed E-state index contributed by atoms with van der Waals surface area (Å²) in [4.78, 5) is 13.8. The number of morpholine rings is 1. The summed E-state index contributed by atoms with van der Waals surface area (Å²) in [6.07, 6.45) is 1.64. The molecule has 172 valence electrons. The van der Waals surface area contributed by atoms with Gasteiger partial charge in [0.05, 0.1) is 31.5 Å². The minimum atomic E-state index is 0. The quantitative estimate of drug-likeness (QED) is 0.317. The van der Waals surface area contributed by atoms with Gasteiger partial charge in [-0.1, -0.05) is 11.2 Å². The van der Waals surface area contributed by atoms with E-state index in [0.29, 0.717) is 6.04 Å². The molecule has 0 amide bonds. The predicted octanol–water partition coefficient (Wildman–Crippen LogP) is 2.51. The molecule has 0 spiro atoms. The molecule has 4 heterocycles. The topological polar surface area (TPSA) is 69.4 Å². The van der Waals surface area contributed by atoms with Gasteiger partial charge >= 0.3 is 0 Å². The number of hydrogen-bond donors (Lipinski definition) is 1. The van der Waals surface area contributed by atoms with Crippen LogP contribution in [0.4, 0.5) is 0 Å². The van der Waals surface area contributed by atoms with Crippen LogP contribution in [0.5, 0.6) is 0 Å². The Kier molecular flexibility index (Phi) is 10.0. The summed E-state index contributed by atoms with van der Waals surface area (Å²) in [5, 5.41) is 9.70. The molecule has 2 aliphatic rings. The molecule has 0 radical (unpaired) electrons. The van der Waals surface area contributed by atoms with Crippen molar-refractivity contribution in [3.05, 3.63) is 40.4 Å². The van der Waals surface area contributed by atoms with E-state index in [1.807, 2.05) is 17.4 Å². The van der Waals surface area contributed by atoms with Crippen molar-refractivity contribution in [1.29, 1.82) is 0 Å². The Labute approximate surface area is 205 Å². The monoisotopic (exact) mass is 560 g/mol. The van der Waals surface area contributed by atoms with Gasteiger partial charge in [0.2, 0.25) is 0 Å². The van der Waals surface area contributed by atoms with Crippen molar-refractivity contribution in [3.8, 4) is 0 Å². The SMILES string of the molecule is CCNC(=NCC(c1cccs1)N1CCOCC1)N1CCN(Cc2ccon2)CC1.I. The van der Waals surface area contributed by atoms with Gasteiger partial charge in [-0.05, 0) is 18.4 Å². The minimum Gasteiger partial charge on any atom is -0.379 e. The third-order valence-electron chi connectivity index (χ3n) is 5.66. The Morgan fingerprint density at radius 2 is 2.00 bits per heavy atom. The van der Waals surface area contributed by atoms with Crippen LogP contribution >= 0.6 is 35.3 Å². The Bertz CT molecular complexity index is 759. The molecule has 1 atom stereocenters. The summed E-state index contributed by atoms with van der Waals surface area (Å²) in [6.45, 7) is 12.1. The lowest BCUT2D eigenvalue weighted by molar-refractivity contribution is 0.0186. The predicted molar refractivity (Wildman–Crippen MR) is 134 cm³/mol. The molecule has 1 N–H and O–H groups in total. The number of ether oxygens (including phenoxy) is 1. The van der Waals surface area contributed by atoms with Gasteiger partial charge in [-0.2, -0.15) is 0 Å². The van der Waals surface area contributed by atoms with Crippen molar-refractivity contribution in [1.82, 2.24) is 25.2 Å². The van der Waals surface area contributed by atoms with E-state index < -0.39 is 0 Å². The van der Waals surface area contributed by atoms with Crippen molar-refractivity contribution >= 4 is 41.3 Å². The van der Waals surface area contributed by atoms with Gasteiger partial charge in [-0.3, -0.25) is 14.8 Å². The number of hydrogen-bond acceptors (Lipinski definition) is 7. The van der Waals surface area contributed by atoms with Crippen LogP contribution in [-0.2, 0) is 11.3 Å². The number of aliphatic imine (C=N–C) groups is 1. The van der Waals surface area contributed by atoms with E-state index >= 15 is 0 Å². The molecular weight excluding hydrogens is 527 g/mol. The molecule has 2 fully saturated rings. The maximum absolute atomic E-state index is 5.56. The van der Waals surface area contributed by atoms with Crippen LogP contribution in [0.1, 0.15) is 23.5 Å². The van der Waals surface area contributed by atoms with Crippen LogP contribution in [0.15, 0.2) is 39.4 Å². The van der Waals surface area contributed by atoms with Crippen LogP contribution < -0.4 is 5.32 Å². The smallest absolute Gasteiger partial charge is 0.194 e. The lowest BCUT2D eigenvalue weighted by Gasteiger charge is -2.37. The van der Waals surface area contributed by atoms with Gasteiger partial charge in [0.25, 0.3) is 0 Å². The summed E-state index contributed by atoms with van der Waals surface area (Å²) in [7, 11) is 0. The zero-order chi connectivity index (χ0) is 20.6. The van der Waals surface area contributed by atoms with Crippen molar-refractivity contribution in [2.24, 2.45) is 4.99 Å². The minimum absolute atomic E-state index is 0.